The van der Waals surface area contributed by atoms with Crippen molar-refractivity contribution in [2.45, 2.75) is 39.2 Å². The molecule has 0 aromatic carbocycles. The Bertz CT molecular complexity index is 401. The van der Waals surface area contributed by atoms with E-state index < -0.39 is 0 Å². The van der Waals surface area contributed by atoms with Gasteiger partial charge in [-0.2, -0.15) is 0 Å². The largest absolute Gasteiger partial charge is 0.393 e. The van der Waals surface area contributed by atoms with E-state index in [1.807, 2.05) is 18.3 Å². The topological polar surface area (TPSA) is 33.1 Å². The Balaban J connectivity index is 1.71. The fourth-order valence-electron chi connectivity index (χ4n) is 3.86. The van der Waals surface area contributed by atoms with Crippen molar-refractivity contribution in [3.05, 3.63) is 30.1 Å². The number of fused-ring (bicyclic) bond motifs is 2. The van der Waals surface area contributed by atoms with Crippen molar-refractivity contribution < 1.29 is 5.11 Å². The van der Waals surface area contributed by atoms with Crippen LogP contribution in [-0.4, -0.2) is 16.2 Å². The average molecular weight is 231 g/mol. The molecule has 1 N–H and O–H groups in total. The predicted octanol–water partition coefficient (Wildman–Crippen LogP) is 2.67. The summed E-state index contributed by atoms with van der Waals surface area (Å²) in [5.41, 5.74) is 1.48. The summed E-state index contributed by atoms with van der Waals surface area (Å²) in [5.74, 6) is 1.74. The summed E-state index contributed by atoms with van der Waals surface area (Å²) in [6.07, 6.45) is 5.05. The number of aliphatic hydroxyl groups is 1. The van der Waals surface area contributed by atoms with E-state index in [9.17, 15) is 5.11 Å². The standard InChI is InChI=1S/C15H21NO/c1-15(2)11-7-10(14(17)13(15)9-11)8-12-5-3-4-6-16-12/h3-6,10-11,13-14,17H,7-9H2,1-2H3/t10-,11+,13+,14-/m1/s1. The zero-order valence-corrected chi connectivity index (χ0v) is 10.6. The van der Waals surface area contributed by atoms with Crippen molar-refractivity contribution in [1.29, 1.82) is 0 Å². The lowest BCUT2D eigenvalue weighted by molar-refractivity contribution is -0.169. The van der Waals surface area contributed by atoms with Crippen molar-refractivity contribution in [2.75, 3.05) is 0 Å². The van der Waals surface area contributed by atoms with Gasteiger partial charge in [-0.05, 0) is 54.6 Å². The maximum absolute atomic E-state index is 10.4. The van der Waals surface area contributed by atoms with Gasteiger partial charge in [0.15, 0.2) is 0 Å². The van der Waals surface area contributed by atoms with Crippen LogP contribution in [0.5, 0.6) is 0 Å². The number of pyridine rings is 1. The maximum Gasteiger partial charge on any atom is 0.0605 e. The van der Waals surface area contributed by atoms with Crippen LogP contribution >= 0.6 is 0 Å². The SMILES string of the molecule is CC1(C)[C@H]2C[C@H](Cc3ccccn3)[C@@H](O)[C@@H]1C2. The lowest BCUT2D eigenvalue weighted by atomic mass is 9.45. The maximum atomic E-state index is 10.4. The Morgan fingerprint density at radius 2 is 2.18 bits per heavy atom. The monoisotopic (exact) mass is 231 g/mol. The van der Waals surface area contributed by atoms with Gasteiger partial charge in [0.05, 0.1) is 6.10 Å². The molecule has 4 rings (SSSR count). The molecule has 3 aliphatic carbocycles. The molecule has 1 heterocycles. The molecule has 2 nitrogen and oxygen atoms in total. The van der Waals surface area contributed by atoms with E-state index in [0.29, 0.717) is 17.3 Å². The third kappa shape index (κ3) is 1.70. The van der Waals surface area contributed by atoms with Crippen LogP contribution < -0.4 is 0 Å². The second kappa shape index (κ2) is 3.81. The molecule has 0 saturated heterocycles. The van der Waals surface area contributed by atoms with Crippen molar-refractivity contribution >= 4 is 0 Å². The van der Waals surface area contributed by atoms with Crippen molar-refractivity contribution in [1.82, 2.24) is 4.98 Å². The number of aromatic nitrogens is 1. The Morgan fingerprint density at radius 3 is 2.76 bits per heavy atom. The predicted molar refractivity (Wildman–Crippen MR) is 67.4 cm³/mol. The Morgan fingerprint density at radius 1 is 1.35 bits per heavy atom. The summed E-state index contributed by atoms with van der Waals surface area (Å²) in [6.45, 7) is 4.62. The highest BCUT2D eigenvalue weighted by Gasteiger charge is 2.57. The molecular formula is C15H21NO. The summed E-state index contributed by atoms with van der Waals surface area (Å²) in [7, 11) is 0. The van der Waals surface area contributed by atoms with E-state index in [-0.39, 0.29) is 6.10 Å². The molecule has 92 valence electrons. The first-order valence-corrected chi connectivity index (χ1v) is 6.67. The van der Waals surface area contributed by atoms with Gasteiger partial charge in [-0.25, -0.2) is 0 Å². The normalized spacial score (nSPS) is 38.5. The van der Waals surface area contributed by atoms with Crippen LogP contribution in [0.3, 0.4) is 0 Å². The Hall–Kier alpha value is -0.890. The summed E-state index contributed by atoms with van der Waals surface area (Å²) in [4.78, 5) is 4.37. The van der Waals surface area contributed by atoms with Crippen LogP contribution in [0.25, 0.3) is 0 Å². The number of hydrogen-bond donors (Lipinski definition) is 1. The Kier molecular flexibility index (Phi) is 2.51. The molecule has 0 unspecified atom stereocenters. The first-order valence-electron chi connectivity index (χ1n) is 6.67. The fourth-order valence-corrected chi connectivity index (χ4v) is 3.86. The van der Waals surface area contributed by atoms with Gasteiger partial charge in [0.25, 0.3) is 0 Å². The van der Waals surface area contributed by atoms with Crippen LogP contribution in [0.4, 0.5) is 0 Å². The molecule has 4 atom stereocenters. The molecule has 17 heavy (non-hydrogen) atoms. The van der Waals surface area contributed by atoms with E-state index in [1.54, 1.807) is 0 Å². The van der Waals surface area contributed by atoms with Crippen LogP contribution in [0.2, 0.25) is 0 Å². The number of hydrogen-bond acceptors (Lipinski definition) is 2. The number of aliphatic hydroxyl groups excluding tert-OH is 1. The van der Waals surface area contributed by atoms with E-state index in [1.165, 1.54) is 12.8 Å². The van der Waals surface area contributed by atoms with Gasteiger partial charge in [0.1, 0.15) is 0 Å². The van der Waals surface area contributed by atoms with Crippen molar-refractivity contribution in [3.8, 4) is 0 Å². The second-order valence-corrected chi connectivity index (χ2v) is 6.37. The highest BCUT2D eigenvalue weighted by Crippen LogP contribution is 2.60. The zero-order chi connectivity index (χ0) is 12.0. The van der Waals surface area contributed by atoms with E-state index in [0.717, 1.165) is 18.0 Å². The minimum absolute atomic E-state index is 0.128. The van der Waals surface area contributed by atoms with Crippen LogP contribution in [0, 0.1) is 23.2 Å². The van der Waals surface area contributed by atoms with E-state index in [2.05, 4.69) is 24.9 Å². The molecule has 0 radical (unpaired) electrons. The first-order chi connectivity index (χ1) is 8.09. The summed E-state index contributed by atoms with van der Waals surface area (Å²) >= 11 is 0. The molecular weight excluding hydrogens is 210 g/mol. The molecule has 3 aliphatic rings. The van der Waals surface area contributed by atoms with Crippen LogP contribution in [0.15, 0.2) is 24.4 Å². The zero-order valence-electron chi connectivity index (χ0n) is 10.6. The Labute approximate surface area is 103 Å². The molecule has 0 spiro atoms. The van der Waals surface area contributed by atoms with Gasteiger partial charge in [0.2, 0.25) is 0 Å². The highest BCUT2D eigenvalue weighted by molar-refractivity contribution is 5.11. The minimum atomic E-state index is -0.128. The van der Waals surface area contributed by atoms with Gasteiger partial charge >= 0.3 is 0 Å². The molecule has 1 aromatic rings. The van der Waals surface area contributed by atoms with Gasteiger partial charge in [-0.1, -0.05) is 19.9 Å². The summed E-state index contributed by atoms with van der Waals surface area (Å²) < 4.78 is 0. The van der Waals surface area contributed by atoms with Gasteiger partial charge < -0.3 is 5.11 Å². The first kappa shape index (κ1) is 11.2. The number of rotatable bonds is 2. The van der Waals surface area contributed by atoms with Crippen molar-refractivity contribution in [2.24, 2.45) is 23.2 Å². The molecule has 3 fully saturated rings. The van der Waals surface area contributed by atoms with Gasteiger partial charge in [-0.15, -0.1) is 0 Å². The highest BCUT2D eigenvalue weighted by atomic mass is 16.3. The summed E-state index contributed by atoms with van der Waals surface area (Å²) in [5, 5.41) is 10.4. The summed E-state index contributed by atoms with van der Waals surface area (Å²) in [6, 6.07) is 6.04. The average Bonchev–Trinajstić information content (AvgIpc) is 2.32. The molecule has 0 aliphatic heterocycles. The molecule has 0 amide bonds. The van der Waals surface area contributed by atoms with Crippen molar-refractivity contribution in [3.63, 3.8) is 0 Å². The van der Waals surface area contributed by atoms with Crippen LogP contribution in [0.1, 0.15) is 32.4 Å². The van der Waals surface area contributed by atoms with E-state index >= 15 is 0 Å². The smallest absolute Gasteiger partial charge is 0.0605 e. The number of nitrogens with zero attached hydrogens (tertiary/aromatic N) is 1. The van der Waals surface area contributed by atoms with Gasteiger partial charge in [0, 0.05) is 11.9 Å². The van der Waals surface area contributed by atoms with E-state index in [4.69, 9.17) is 0 Å². The lowest BCUT2D eigenvalue weighted by Crippen LogP contribution is -2.58. The lowest BCUT2D eigenvalue weighted by Gasteiger charge is -2.61. The quantitative estimate of drug-likeness (QED) is 0.849. The third-order valence-corrected chi connectivity index (χ3v) is 5.23. The fraction of sp³-hybridized carbons (Fsp3) is 0.667. The second-order valence-electron chi connectivity index (χ2n) is 6.37. The molecule has 2 heteroatoms. The van der Waals surface area contributed by atoms with Crippen LogP contribution in [-0.2, 0) is 6.42 Å². The van der Waals surface area contributed by atoms with Gasteiger partial charge in [-0.3, -0.25) is 4.98 Å². The third-order valence-electron chi connectivity index (χ3n) is 5.23. The molecule has 2 bridgehead atoms. The minimum Gasteiger partial charge on any atom is -0.393 e. The molecule has 1 aromatic heterocycles. The molecule has 3 saturated carbocycles.